The van der Waals surface area contributed by atoms with E-state index in [4.69, 9.17) is 0 Å². The molecule has 0 saturated heterocycles. The van der Waals surface area contributed by atoms with Crippen LogP contribution in [0.25, 0.3) is 10.2 Å². The lowest BCUT2D eigenvalue weighted by Gasteiger charge is -2.17. The number of aromatic carboxylic acids is 1. The first kappa shape index (κ1) is 16.2. The molecule has 0 aliphatic heterocycles. The zero-order valence-corrected chi connectivity index (χ0v) is 14.4. The lowest BCUT2D eigenvalue weighted by molar-refractivity contribution is 0.0699. The number of benzene rings is 2. The van der Waals surface area contributed by atoms with E-state index in [-0.39, 0.29) is 16.9 Å². The number of aromatic nitrogens is 2. The van der Waals surface area contributed by atoms with Crippen molar-refractivity contribution < 1.29 is 9.90 Å². The highest BCUT2D eigenvalue weighted by atomic mass is 32.1. The number of carbonyl (C=O) groups is 1. The Labute approximate surface area is 152 Å². The summed E-state index contributed by atoms with van der Waals surface area (Å²) in [7, 11) is 0. The Morgan fingerprint density at radius 3 is 2.12 bits per heavy atom. The smallest absolute Gasteiger partial charge is 0.337 e. The lowest BCUT2D eigenvalue weighted by atomic mass is 9.90. The number of hydrogen-bond acceptors (Lipinski definition) is 4. The van der Waals surface area contributed by atoms with Crippen molar-refractivity contribution in [2.75, 3.05) is 0 Å². The molecule has 4 rings (SSSR count). The molecule has 2 N–H and O–H groups in total. The monoisotopic (exact) mass is 362 g/mol. The van der Waals surface area contributed by atoms with Gasteiger partial charge in [-0.1, -0.05) is 60.7 Å². The lowest BCUT2D eigenvalue weighted by Crippen LogP contribution is -2.17. The third kappa shape index (κ3) is 2.80. The number of hydrogen-bond donors (Lipinski definition) is 2. The van der Waals surface area contributed by atoms with E-state index in [0.717, 1.165) is 11.1 Å². The summed E-state index contributed by atoms with van der Waals surface area (Å²) in [5.74, 6) is -0.873. The van der Waals surface area contributed by atoms with Gasteiger partial charge in [-0.3, -0.25) is 4.79 Å². The van der Waals surface area contributed by atoms with Crippen LogP contribution in [0.15, 0.2) is 70.8 Å². The van der Waals surface area contributed by atoms with Crippen LogP contribution in [0.1, 0.15) is 33.2 Å². The van der Waals surface area contributed by atoms with E-state index in [1.54, 1.807) is 0 Å². The van der Waals surface area contributed by atoms with Gasteiger partial charge in [0.15, 0.2) is 0 Å². The number of thiophene rings is 1. The Balaban J connectivity index is 1.95. The summed E-state index contributed by atoms with van der Waals surface area (Å²) in [4.78, 5) is 31.7. The van der Waals surface area contributed by atoms with Crippen molar-refractivity contribution in [3.05, 3.63) is 98.9 Å². The van der Waals surface area contributed by atoms with Crippen LogP contribution in [0.5, 0.6) is 0 Å². The fourth-order valence-electron chi connectivity index (χ4n) is 3.06. The Bertz CT molecular complexity index is 1090. The second-order valence-corrected chi connectivity index (χ2v) is 6.70. The number of carboxylic acids is 1. The Kier molecular flexibility index (Phi) is 4.10. The average Bonchev–Trinajstić information content (AvgIpc) is 3.09. The normalized spacial score (nSPS) is 11.1. The van der Waals surface area contributed by atoms with Crippen LogP contribution in [-0.2, 0) is 0 Å². The van der Waals surface area contributed by atoms with Crippen molar-refractivity contribution in [3.63, 3.8) is 0 Å². The van der Waals surface area contributed by atoms with Gasteiger partial charge in [-0.25, -0.2) is 9.78 Å². The molecule has 0 spiro atoms. The molecule has 0 amide bonds. The SMILES string of the molecule is O=C(O)c1csc2nc(C(c3ccccc3)c3ccccc3)[nH]c(=O)c12. The third-order valence-corrected chi connectivity index (χ3v) is 5.10. The van der Waals surface area contributed by atoms with E-state index in [2.05, 4.69) is 9.97 Å². The van der Waals surface area contributed by atoms with E-state index in [1.807, 2.05) is 60.7 Å². The molecule has 0 saturated carbocycles. The van der Waals surface area contributed by atoms with Gasteiger partial charge in [0, 0.05) is 5.38 Å². The molecule has 2 aromatic heterocycles. The second kappa shape index (κ2) is 6.57. The first-order chi connectivity index (χ1) is 12.6. The Morgan fingerprint density at radius 2 is 1.58 bits per heavy atom. The highest BCUT2D eigenvalue weighted by molar-refractivity contribution is 7.17. The molecule has 2 heterocycles. The maximum absolute atomic E-state index is 12.6. The fraction of sp³-hybridized carbons (Fsp3) is 0.0500. The highest BCUT2D eigenvalue weighted by Gasteiger charge is 2.22. The fourth-order valence-corrected chi connectivity index (χ4v) is 3.98. The van der Waals surface area contributed by atoms with Crippen LogP contribution in [0.2, 0.25) is 0 Å². The molecule has 0 aliphatic carbocycles. The van der Waals surface area contributed by atoms with Crippen LogP contribution in [0.4, 0.5) is 0 Å². The topological polar surface area (TPSA) is 83.0 Å². The summed E-state index contributed by atoms with van der Waals surface area (Å²) in [6, 6.07) is 19.6. The molecular weight excluding hydrogens is 348 g/mol. The van der Waals surface area contributed by atoms with Gasteiger partial charge in [0.05, 0.1) is 16.9 Å². The van der Waals surface area contributed by atoms with Gasteiger partial charge in [-0.2, -0.15) is 0 Å². The minimum absolute atomic E-state index is 0.0127. The first-order valence-electron chi connectivity index (χ1n) is 7.99. The van der Waals surface area contributed by atoms with Crippen molar-refractivity contribution in [1.82, 2.24) is 9.97 Å². The zero-order chi connectivity index (χ0) is 18.1. The van der Waals surface area contributed by atoms with Crippen molar-refractivity contribution in [3.8, 4) is 0 Å². The van der Waals surface area contributed by atoms with Gasteiger partial charge in [-0.05, 0) is 11.1 Å². The molecule has 5 nitrogen and oxygen atoms in total. The molecule has 0 bridgehead atoms. The van der Waals surface area contributed by atoms with E-state index >= 15 is 0 Å². The largest absolute Gasteiger partial charge is 0.478 e. The molecule has 6 heteroatoms. The minimum Gasteiger partial charge on any atom is -0.478 e. The summed E-state index contributed by atoms with van der Waals surface area (Å²) in [6.07, 6.45) is 0. The standard InChI is InChI=1S/C20H14N2O3S/c23-18-16-14(20(24)25)11-26-19(16)22-17(21-18)15(12-7-3-1-4-8-12)13-9-5-2-6-10-13/h1-11,15H,(H,24,25)(H,21,22,23). The molecule has 4 aromatic rings. The molecule has 0 fully saturated rings. The van der Waals surface area contributed by atoms with Crippen LogP contribution < -0.4 is 5.56 Å². The summed E-state index contributed by atoms with van der Waals surface area (Å²) in [6.45, 7) is 0. The average molecular weight is 362 g/mol. The van der Waals surface area contributed by atoms with E-state index in [9.17, 15) is 14.7 Å². The van der Waals surface area contributed by atoms with Crippen molar-refractivity contribution >= 4 is 27.5 Å². The zero-order valence-electron chi connectivity index (χ0n) is 13.5. The molecule has 0 atom stereocenters. The summed E-state index contributed by atoms with van der Waals surface area (Å²) in [5.41, 5.74) is 1.55. The number of nitrogens with zero attached hydrogens (tertiary/aromatic N) is 1. The molecule has 2 aromatic carbocycles. The van der Waals surface area contributed by atoms with Crippen molar-refractivity contribution in [1.29, 1.82) is 0 Å². The predicted octanol–water partition coefficient (Wildman–Crippen LogP) is 3.86. The molecule has 0 radical (unpaired) electrons. The highest BCUT2D eigenvalue weighted by Crippen LogP contribution is 2.31. The molecule has 26 heavy (non-hydrogen) atoms. The number of aromatic amines is 1. The quantitative estimate of drug-likeness (QED) is 0.577. The number of carboxylic acid groups (broad SMARTS) is 1. The van der Waals surface area contributed by atoms with Gasteiger partial charge >= 0.3 is 5.97 Å². The maximum atomic E-state index is 12.6. The van der Waals surface area contributed by atoms with Crippen molar-refractivity contribution in [2.24, 2.45) is 0 Å². The summed E-state index contributed by atoms with van der Waals surface area (Å²) in [5, 5.41) is 10.8. The van der Waals surface area contributed by atoms with E-state index < -0.39 is 11.5 Å². The Morgan fingerprint density at radius 1 is 1.00 bits per heavy atom. The van der Waals surface area contributed by atoms with Gasteiger partial charge in [0.25, 0.3) is 5.56 Å². The molecular formula is C20H14N2O3S. The third-order valence-electron chi connectivity index (χ3n) is 4.23. The number of rotatable bonds is 4. The molecule has 128 valence electrons. The number of nitrogens with one attached hydrogen (secondary N) is 1. The number of H-pyrrole nitrogens is 1. The van der Waals surface area contributed by atoms with Crippen LogP contribution in [0, 0.1) is 0 Å². The molecule has 0 aliphatic rings. The number of fused-ring (bicyclic) bond motifs is 1. The maximum Gasteiger partial charge on any atom is 0.337 e. The molecule has 0 unspecified atom stereocenters. The minimum atomic E-state index is -1.13. The summed E-state index contributed by atoms with van der Waals surface area (Å²) >= 11 is 1.17. The van der Waals surface area contributed by atoms with Crippen LogP contribution in [-0.4, -0.2) is 21.0 Å². The summed E-state index contributed by atoms with van der Waals surface area (Å²) < 4.78 is 0. The van der Waals surface area contributed by atoms with Gasteiger partial charge in [-0.15, -0.1) is 11.3 Å². The first-order valence-corrected chi connectivity index (χ1v) is 8.87. The second-order valence-electron chi connectivity index (χ2n) is 5.84. The van der Waals surface area contributed by atoms with Crippen LogP contribution >= 0.6 is 11.3 Å². The van der Waals surface area contributed by atoms with Gasteiger partial charge in [0.2, 0.25) is 0 Å². The Hall–Kier alpha value is -3.25. The van der Waals surface area contributed by atoms with Crippen molar-refractivity contribution in [2.45, 2.75) is 5.92 Å². The van der Waals surface area contributed by atoms with Gasteiger partial charge < -0.3 is 10.1 Å². The predicted molar refractivity (Wildman–Crippen MR) is 101 cm³/mol. The van der Waals surface area contributed by atoms with E-state index in [1.165, 1.54) is 16.7 Å². The van der Waals surface area contributed by atoms with Gasteiger partial charge in [0.1, 0.15) is 10.7 Å². The van der Waals surface area contributed by atoms with E-state index in [0.29, 0.717) is 10.7 Å². The van der Waals surface area contributed by atoms with Crippen LogP contribution in [0.3, 0.4) is 0 Å².